The minimum absolute atomic E-state index is 0.0480. The molecule has 0 aliphatic rings. The van der Waals surface area contributed by atoms with E-state index in [9.17, 15) is 22.4 Å². The van der Waals surface area contributed by atoms with Crippen LogP contribution in [0.3, 0.4) is 0 Å². The lowest BCUT2D eigenvalue weighted by Gasteiger charge is -2.18. The zero-order chi connectivity index (χ0) is 20.4. The maximum Gasteiger partial charge on any atom is 0.412 e. The molecule has 1 atom stereocenters. The molecule has 0 aromatic heterocycles. The number of ether oxygens (including phenoxy) is 1. The third kappa shape index (κ3) is 4.43. The van der Waals surface area contributed by atoms with Crippen LogP contribution in [0, 0.1) is 5.82 Å². The molecular formula is C18H19FN2O5S. The van der Waals surface area contributed by atoms with E-state index in [2.05, 4.69) is 4.74 Å². The predicted octanol–water partition coefficient (Wildman–Crippen LogP) is 2.59. The summed E-state index contributed by atoms with van der Waals surface area (Å²) in [5.74, 6) is -2.24. The molecule has 2 aromatic rings. The maximum absolute atomic E-state index is 13.2. The normalized spacial score (nSPS) is 12.4. The monoisotopic (exact) mass is 394 g/mol. The Labute approximate surface area is 156 Å². The van der Waals surface area contributed by atoms with Gasteiger partial charge in [0.15, 0.2) is 9.84 Å². The van der Waals surface area contributed by atoms with Gasteiger partial charge in [0.05, 0.1) is 21.9 Å². The summed E-state index contributed by atoms with van der Waals surface area (Å²) in [7, 11) is -3.68. The van der Waals surface area contributed by atoms with Gasteiger partial charge in [0.25, 0.3) is 0 Å². The van der Waals surface area contributed by atoms with E-state index in [1.165, 1.54) is 37.3 Å². The number of amides is 1. The first-order valence-corrected chi connectivity index (χ1v) is 9.65. The summed E-state index contributed by atoms with van der Waals surface area (Å²) in [4.78, 5) is 22.9. The fourth-order valence-electron chi connectivity index (χ4n) is 2.60. The first-order valence-electron chi connectivity index (χ1n) is 8.00. The lowest BCUT2D eigenvalue weighted by Crippen LogP contribution is -2.21. The van der Waals surface area contributed by atoms with E-state index in [1.54, 1.807) is 6.92 Å². The standard InChI is InChI=1S/C18H19FN2O5S/c1-3-27(24,25)13-8-14(10(2)11-4-6-12(19)7-5-11)16(20)15(9-13)17(22)26-18(21)23/h4-10H,3,20H2,1-2H3,(H2,21,23). The second kappa shape index (κ2) is 7.75. The van der Waals surface area contributed by atoms with Crippen molar-refractivity contribution in [2.24, 2.45) is 5.73 Å². The van der Waals surface area contributed by atoms with E-state index in [4.69, 9.17) is 11.5 Å². The van der Waals surface area contributed by atoms with Gasteiger partial charge in [-0.1, -0.05) is 26.0 Å². The molecule has 0 spiro atoms. The highest BCUT2D eigenvalue weighted by Gasteiger charge is 2.25. The van der Waals surface area contributed by atoms with Crippen LogP contribution < -0.4 is 11.5 Å². The molecule has 2 rings (SSSR count). The van der Waals surface area contributed by atoms with Crippen molar-refractivity contribution < 1.29 is 27.1 Å². The van der Waals surface area contributed by atoms with Gasteiger partial charge in [-0.25, -0.2) is 22.4 Å². The van der Waals surface area contributed by atoms with Gasteiger partial charge in [0.2, 0.25) is 0 Å². The van der Waals surface area contributed by atoms with Gasteiger partial charge >= 0.3 is 12.1 Å². The smallest absolute Gasteiger partial charge is 0.398 e. The van der Waals surface area contributed by atoms with Gasteiger partial charge in [-0.05, 0) is 35.4 Å². The first-order chi connectivity index (χ1) is 12.6. The van der Waals surface area contributed by atoms with E-state index in [0.29, 0.717) is 11.1 Å². The molecule has 7 nitrogen and oxygen atoms in total. The number of sulfone groups is 1. The Morgan fingerprint density at radius 2 is 1.78 bits per heavy atom. The molecule has 0 radical (unpaired) electrons. The molecule has 1 unspecified atom stereocenters. The van der Waals surface area contributed by atoms with E-state index in [1.807, 2.05) is 0 Å². The zero-order valence-electron chi connectivity index (χ0n) is 14.7. The molecule has 0 aliphatic carbocycles. The van der Waals surface area contributed by atoms with Crippen molar-refractivity contribution in [1.29, 1.82) is 0 Å². The summed E-state index contributed by atoms with van der Waals surface area (Å²) >= 11 is 0. The number of nitrogen functional groups attached to an aromatic ring is 1. The zero-order valence-corrected chi connectivity index (χ0v) is 15.5. The van der Waals surface area contributed by atoms with Crippen LogP contribution in [0.5, 0.6) is 0 Å². The largest absolute Gasteiger partial charge is 0.412 e. The van der Waals surface area contributed by atoms with Crippen LogP contribution >= 0.6 is 0 Å². The van der Waals surface area contributed by atoms with Crippen molar-refractivity contribution in [2.45, 2.75) is 24.7 Å². The molecule has 0 heterocycles. The number of anilines is 1. The van der Waals surface area contributed by atoms with Gasteiger partial charge in [0.1, 0.15) is 5.82 Å². The van der Waals surface area contributed by atoms with Gasteiger partial charge < -0.3 is 16.2 Å². The molecule has 0 saturated heterocycles. The van der Waals surface area contributed by atoms with Crippen molar-refractivity contribution in [3.63, 3.8) is 0 Å². The number of carbonyl (C=O) groups excluding carboxylic acids is 2. The quantitative estimate of drug-likeness (QED) is 0.455. The highest BCUT2D eigenvalue weighted by molar-refractivity contribution is 7.91. The highest BCUT2D eigenvalue weighted by Crippen LogP contribution is 2.34. The third-order valence-electron chi connectivity index (χ3n) is 4.17. The van der Waals surface area contributed by atoms with Crippen LogP contribution in [-0.4, -0.2) is 26.2 Å². The molecule has 0 saturated carbocycles. The molecule has 1 amide bonds. The first kappa shape index (κ1) is 20.4. The highest BCUT2D eigenvalue weighted by atomic mass is 32.2. The van der Waals surface area contributed by atoms with Gasteiger partial charge in [-0.3, -0.25) is 0 Å². The number of halogens is 1. The number of benzene rings is 2. The molecule has 0 bridgehead atoms. The molecule has 0 fully saturated rings. The number of primary amides is 1. The summed E-state index contributed by atoms with van der Waals surface area (Å²) in [5.41, 5.74) is 11.6. The van der Waals surface area contributed by atoms with Gasteiger partial charge in [-0.15, -0.1) is 0 Å². The fraction of sp³-hybridized carbons (Fsp3) is 0.222. The summed E-state index contributed by atoms with van der Waals surface area (Å²) < 4.78 is 42.2. The van der Waals surface area contributed by atoms with Gasteiger partial charge in [0, 0.05) is 5.92 Å². The lowest BCUT2D eigenvalue weighted by molar-refractivity contribution is 0.0639. The Kier molecular flexibility index (Phi) is 5.85. The summed E-state index contributed by atoms with van der Waals surface area (Å²) in [6.45, 7) is 3.18. The second-order valence-corrected chi connectivity index (χ2v) is 8.14. The fourth-order valence-corrected chi connectivity index (χ4v) is 3.54. The molecule has 2 aromatic carbocycles. The SMILES string of the molecule is CCS(=O)(=O)c1cc(C(=O)OC(N)=O)c(N)c(C(C)c2ccc(F)cc2)c1. The number of nitrogens with two attached hydrogens (primary N) is 2. The molecule has 27 heavy (non-hydrogen) atoms. The Balaban J connectivity index is 2.68. The summed E-state index contributed by atoms with van der Waals surface area (Å²) in [5, 5.41) is 0. The van der Waals surface area contributed by atoms with E-state index in [0.717, 1.165) is 6.07 Å². The van der Waals surface area contributed by atoms with E-state index >= 15 is 0 Å². The summed E-state index contributed by atoms with van der Waals surface area (Å²) in [6, 6.07) is 8.00. The molecule has 9 heteroatoms. The van der Waals surface area contributed by atoms with Crippen LogP contribution in [-0.2, 0) is 14.6 Å². The number of rotatable bonds is 5. The van der Waals surface area contributed by atoms with Gasteiger partial charge in [-0.2, -0.15) is 0 Å². The van der Waals surface area contributed by atoms with Crippen molar-refractivity contribution in [3.8, 4) is 0 Å². The number of carbonyl (C=O) groups is 2. The van der Waals surface area contributed by atoms with Crippen LogP contribution in [0.1, 0.15) is 41.3 Å². The second-order valence-electron chi connectivity index (χ2n) is 5.86. The Hall–Kier alpha value is -2.94. The van der Waals surface area contributed by atoms with Crippen molar-refractivity contribution in [2.75, 3.05) is 11.5 Å². The van der Waals surface area contributed by atoms with Crippen LogP contribution in [0.25, 0.3) is 0 Å². The molecular weight excluding hydrogens is 375 g/mol. The number of esters is 1. The van der Waals surface area contributed by atoms with Crippen molar-refractivity contribution >= 4 is 27.6 Å². The average molecular weight is 394 g/mol. The van der Waals surface area contributed by atoms with E-state index < -0.39 is 33.6 Å². The summed E-state index contributed by atoms with van der Waals surface area (Å²) in [6.07, 6.45) is -1.34. The number of hydrogen-bond donors (Lipinski definition) is 2. The minimum atomic E-state index is -3.68. The topological polar surface area (TPSA) is 130 Å². The van der Waals surface area contributed by atoms with Crippen LogP contribution in [0.15, 0.2) is 41.3 Å². The van der Waals surface area contributed by atoms with Crippen LogP contribution in [0.4, 0.5) is 14.9 Å². The Morgan fingerprint density at radius 3 is 2.30 bits per heavy atom. The maximum atomic E-state index is 13.2. The van der Waals surface area contributed by atoms with E-state index in [-0.39, 0.29) is 21.9 Å². The van der Waals surface area contributed by atoms with Crippen molar-refractivity contribution in [1.82, 2.24) is 0 Å². The number of hydrogen-bond acceptors (Lipinski definition) is 6. The average Bonchev–Trinajstić information content (AvgIpc) is 2.61. The molecule has 0 aliphatic heterocycles. The molecule has 144 valence electrons. The Bertz CT molecular complexity index is 988. The lowest BCUT2D eigenvalue weighted by atomic mass is 9.90. The minimum Gasteiger partial charge on any atom is -0.398 e. The molecule has 4 N–H and O–H groups in total. The predicted molar refractivity (Wildman–Crippen MR) is 97.5 cm³/mol. The third-order valence-corrected chi connectivity index (χ3v) is 5.89. The Morgan fingerprint density at radius 1 is 1.19 bits per heavy atom. The van der Waals surface area contributed by atoms with Crippen molar-refractivity contribution in [3.05, 3.63) is 58.9 Å². The van der Waals surface area contributed by atoms with Crippen LogP contribution in [0.2, 0.25) is 0 Å².